The first-order chi connectivity index (χ1) is 9.52. The molecule has 1 atom stereocenters. The monoisotopic (exact) mass is 296 g/mol. The molecular weight excluding hydrogens is 280 g/mol. The fraction of sp³-hybridized carbons (Fsp3) is 0.583. The van der Waals surface area contributed by atoms with Gasteiger partial charge in [-0.15, -0.1) is 0 Å². The molecule has 3 rings (SSSR count). The SMILES string of the molecule is CCCn1cnc2c(cnn2C2CCS(=O)(=O)C2)c1=O. The number of sulfone groups is 1. The summed E-state index contributed by atoms with van der Waals surface area (Å²) in [6.07, 6.45) is 4.37. The molecule has 1 saturated heterocycles. The largest absolute Gasteiger partial charge is 0.299 e. The molecule has 0 bridgehead atoms. The van der Waals surface area contributed by atoms with Crippen LogP contribution in [0.3, 0.4) is 0 Å². The minimum absolute atomic E-state index is 0.0729. The molecule has 0 N–H and O–H groups in total. The fourth-order valence-corrected chi connectivity index (χ4v) is 4.29. The summed E-state index contributed by atoms with van der Waals surface area (Å²) in [6.45, 7) is 2.61. The molecular formula is C12H16N4O3S. The van der Waals surface area contributed by atoms with Gasteiger partial charge in [-0.2, -0.15) is 5.10 Å². The van der Waals surface area contributed by atoms with Crippen LogP contribution < -0.4 is 5.56 Å². The van der Waals surface area contributed by atoms with E-state index < -0.39 is 9.84 Å². The van der Waals surface area contributed by atoms with E-state index >= 15 is 0 Å². The van der Waals surface area contributed by atoms with E-state index in [0.717, 1.165) is 6.42 Å². The zero-order valence-corrected chi connectivity index (χ0v) is 12.0. The number of fused-ring (bicyclic) bond motifs is 1. The molecule has 0 aliphatic carbocycles. The molecule has 0 amide bonds. The van der Waals surface area contributed by atoms with Crippen molar-refractivity contribution < 1.29 is 8.42 Å². The summed E-state index contributed by atoms with van der Waals surface area (Å²) in [5, 5.41) is 4.63. The van der Waals surface area contributed by atoms with Gasteiger partial charge in [-0.1, -0.05) is 6.92 Å². The molecule has 3 heterocycles. The molecule has 1 aliphatic rings. The van der Waals surface area contributed by atoms with Crippen molar-refractivity contribution in [1.29, 1.82) is 0 Å². The van der Waals surface area contributed by atoms with Crippen LogP contribution in [-0.4, -0.2) is 39.3 Å². The Kier molecular flexibility index (Phi) is 3.12. The maximum atomic E-state index is 12.2. The first-order valence-corrected chi connectivity index (χ1v) is 8.47. The highest BCUT2D eigenvalue weighted by Crippen LogP contribution is 2.25. The van der Waals surface area contributed by atoms with Crippen LogP contribution in [0.4, 0.5) is 0 Å². The van der Waals surface area contributed by atoms with Gasteiger partial charge in [0.15, 0.2) is 15.5 Å². The van der Waals surface area contributed by atoms with Gasteiger partial charge in [0.2, 0.25) is 0 Å². The van der Waals surface area contributed by atoms with Gasteiger partial charge in [-0.05, 0) is 12.8 Å². The van der Waals surface area contributed by atoms with Crippen LogP contribution in [0.15, 0.2) is 17.3 Å². The van der Waals surface area contributed by atoms with Crippen molar-refractivity contribution in [2.24, 2.45) is 0 Å². The molecule has 2 aromatic rings. The molecule has 7 nitrogen and oxygen atoms in total. The average Bonchev–Trinajstić information content (AvgIpc) is 2.96. The normalized spacial score (nSPS) is 21.6. The van der Waals surface area contributed by atoms with E-state index in [1.807, 2.05) is 6.92 Å². The molecule has 0 radical (unpaired) electrons. The molecule has 1 aliphatic heterocycles. The smallest absolute Gasteiger partial charge is 0.264 e. The van der Waals surface area contributed by atoms with Gasteiger partial charge in [0.25, 0.3) is 5.56 Å². The van der Waals surface area contributed by atoms with Crippen molar-refractivity contribution in [3.05, 3.63) is 22.9 Å². The maximum Gasteiger partial charge on any atom is 0.264 e. The van der Waals surface area contributed by atoms with Crippen molar-refractivity contribution in [1.82, 2.24) is 19.3 Å². The Morgan fingerprint density at radius 2 is 2.25 bits per heavy atom. The molecule has 0 aromatic carbocycles. The van der Waals surface area contributed by atoms with Crippen molar-refractivity contribution in [3.63, 3.8) is 0 Å². The van der Waals surface area contributed by atoms with Crippen LogP contribution in [0.1, 0.15) is 25.8 Å². The van der Waals surface area contributed by atoms with E-state index in [-0.39, 0.29) is 23.1 Å². The van der Waals surface area contributed by atoms with Gasteiger partial charge in [0.05, 0.1) is 30.1 Å². The summed E-state index contributed by atoms with van der Waals surface area (Å²) < 4.78 is 26.2. The second-order valence-corrected chi connectivity index (χ2v) is 7.36. The Labute approximate surface area is 116 Å². The Morgan fingerprint density at radius 1 is 1.45 bits per heavy atom. The van der Waals surface area contributed by atoms with Gasteiger partial charge in [0, 0.05) is 6.54 Å². The molecule has 1 unspecified atom stereocenters. The molecule has 20 heavy (non-hydrogen) atoms. The van der Waals surface area contributed by atoms with Gasteiger partial charge >= 0.3 is 0 Å². The third-order valence-corrected chi connectivity index (χ3v) is 5.35. The first-order valence-electron chi connectivity index (χ1n) is 6.65. The average molecular weight is 296 g/mol. The van der Waals surface area contributed by atoms with Crippen LogP contribution in [0.2, 0.25) is 0 Å². The molecule has 8 heteroatoms. The van der Waals surface area contributed by atoms with Crippen molar-refractivity contribution >= 4 is 20.9 Å². The Morgan fingerprint density at radius 3 is 2.90 bits per heavy atom. The fourth-order valence-electron chi connectivity index (χ4n) is 2.60. The topological polar surface area (TPSA) is 86.8 Å². The lowest BCUT2D eigenvalue weighted by Crippen LogP contribution is -2.21. The summed E-state index contributed by atoms with van der Waals surface area (Å²) >= 11 is 0. The van der Waals surface area contributed by atoms with Crippen LogP contribution in [0.5, 0.6) is 0 Å². The van der Waals surface area contributed by atoms with Crippen molar-refractivity contribution in [3.8, 4) is 0 Å². The van der Waals surface area contributed by atoms with Crippen LogP contribution in [-0.2, 0) is 16.4 Å². The van der Waals surface area contributed by atoms with E-state index in [0.29, 0.717) is 24.0 Å². The number of hydrogen-bond acceptors (Lipinski definition) is 5. The minimum atomic E-state index is -2.99. The summed E-state index contributed by atoms with van der Waals surface area (Å²) in [5.74, 6) is 0.245. The molecule has 1 fully saturated rings. The second-order valence-electron chi connectivity index (χ2n) is 5.13. The quantitative estimate of drug-likeness (QED) is 0.816. The lowest BCUT2D eigenvalue weighted by Gasteiger charge is -2.09. The Hall–Kier alpha value is -1.70. The third kappa shape index (κ3) is 2.13. The summed E-state index contributed by atoms with van der Waals surface area (Å²) in [6, 6.07) is -0.216. The van der Waals surface area contributed by atoms with Crippen molar-refractivity contribution in [2.45, 2.75) is 32.4 Å². The van der Waals surface area contributed by atoms with Gasteiger partial charge < -0.3 is 0 Å². The molecule has 0 spiro atoms. The van der Waals surface area contributed by atoms with Crippen LogP contribution in [0.25, 0.3) is 11.0 Å². The number of rotatable bonds is 3. The van der Waals surface area contributed by atoms with E-state index in [2.05, 4.69) is 10.1 Å². The van der Waals surface area contributed by atoms with E-state index in [1.54, 1.807) is 9.25 Å². The lowest BCUT2D eigenvalue weighted by molar-refractivity contribution is 0.511. The zero-order valence-electron chi connectivity index (χ0n) is 11.2. The number of nitrogens with zero attached hydrogens (tertiary/aromatic N) is 4. The van der Waals surface area contributed by atoms with Gasteiger partial charge in [-0.25, -0.2) is 18.1 Å². The third-order valence-electron chi connectivity index (χ3n) is 3.60. The second kappa shape index (κ2) is 4.69. The zero-order chi connectivity index (χ0) is 14.3. The van der Waals surface area contributed by atoms with Crippen LogP contribution in [0, 0.1) is 0 Å². The summed E-state index contributed by atoms with van der Waals surface area (Å²) in [4.78, 5) is 16.5. The maximum absolute atomic E-state index is 12.2. The highest BCUT2D eigenvalue weighted by molar-refractivity contribution is 7.91. The predicted octanol–water partition coefficient (Wildman–Crippen LogP) is 0.363. The van der Waals surface area contributed by atoms with E-state index in [1.165, 1.54) is 12.5 Å². The van der Waals surface area contributed by atoms with E-state index in [9.17, 15) is 13.2 Å². The molecule has 2 aromatic heterocycles. The van der Waals surface area contributed by atoms with E-state index in [4.69, 9.17) is 0 Å². The number of aryl methyl sites for hydroxylation is 1. The highest BCUT2D eigenvalue weighted by Gasteiger charge is 2.31. The number of hydrogen-bond donors (Lipinski definition) is 0. The summed E-state index contributed by atoms with van der Waals surface area (Å²) in [5.41, 5.74) is 0.355. The van der Waals surface area contributed by atoms with Crippen LogP contribution >= 0.6 is 0 Å². The first kappa shape index (κ1) is 13.3. The summed E-state index contributed by atoms with van der Waals surface area (Å²) in [7, 11) is -2.99. The standard InChI is InChI=1S/C12H16N4O3S/c1-2-4-15-8-13-11-10(12(15)17)6-14-16(11)9-3-5-20(18,19)7-9/h6,8-9H,2-5,7H2,1H3. The Bertz CT molecular complexity index is 806. The van der Waals surface area contributed by atoms with Gasteiger partial charge in [-0.3, -0.25) is 9.36 Å². The predicted molar refractivity (Wildman–Crippen MR) is 74.4 cm³/mol. The Balaban J connectivity index is 2.07. The number of aromatic nitrogens is 4. The van der Waals surface area contributed by atoms with Crippen molar-refractivity contribution in [2.75, 3.05) is 11.5 Å². The molecule has 0 saturated carbocycles. The lowest BCUT2D eigenvalue weighted by atomic mass is 10.3. The van der Waals surface area contributed by atoms with Gasteiger partial charge in [0.1, 0.15) is 5.39 Å². The molecule has 108 valence electrons. The minimum Gasteiger partial charge on any atom is -0.299 e. The highest BCUT2D eigenvalue weighted by atomic mass is 32.2.